The Morgan fingerprint density at radius 3 is 2.90 bits per heavy atom. The fraction of sp³-hybridized carbons (Fsp3) is 0.833. The molecule has 1 aliphatic heterocycles. The van der Waals surface area contributed by atoms with Gasteiger partial charge in [-0.1, -0.05) is 0 Å². The van der Waals surface area contributed by atoms with Crippen LogP contribution in [0.5, 0.6) is 0 Å². The number of carbonyl (C=O) groups is 1. The number of aliphatic hydroxyl groups is 2. The lowest BCUT2D eigenvalue weighted by molar-refractivity contribution is -0.146. The van der Waals surface area contributed by atoms with Crippen molar-refractivity contribution in [2.75, 3.05) is 6.61 Å². The minimum absolute atomic E-state index is 0.294. The van der Waals surface area contributed by atoms with Crippen molar-refractivity contribution in [2.45, 2.75) is 25.0 Å². The highest BCUT2D eigenvalue weighted by Crippen LogP contribution is 2.16. The van der Waals surface area contributed by atoms with Gasteiger partial charge in [0, 0.05) is 6.42 Å². The average molecular weight is 146 g/mol. The first-order valence-corrected chi connectivity index (χ1v) is 3.22. The van der Waals surface area contributed by atoms with E-state index in [9.17, 15) is 4.79 Å². The van der Waals surface area contributed by atoms with Gasteiger partial charge in [-0.3, -0.25) is 4.79 Å². The molecule has 2 atom stereocenters. The molecule has 10 heavy (non-hydrogen) atoms. The second-order valence-corrected chi connectivity index (χ2v) is 2.32. The van der Waals surface area contributed by atoms with E-state index in [1.54, 1.807) is 0 Å². The summed E-state index contributed by atoms with van der Waals surface area (Å²) < 4.78 is 4.67. The number of cyclic esters (lactones) is 1. The number of hydrogen-bond donors (Lipinski definition) is 2. The Hall–Kier alpha value is -0.610. The third-order valence-corrected chi connectivity index (χ3v) is 1.53. The summed E-state index contributed by atoms with van der Waals surface area (Å²) in [6.07, 6.45) is -0.536. The smallest absolute Gasteiger partial charge is 0.306 e. The molecule has 0 aromatic rings. The first kappa shape index (κ1) is 7.50. The fourth-order valence-electron chi connectivity index (χ4n) is 0.935. The van der Waals surface area contributed by atoms with E-state index in [-0.39, 0.29) is 12.6 Å². The molecule has 0 amide bonds. The maximum atomic E-state index is 10.5. The highest BCUT2D eigenvalue weighted by Gasteiger charge is 2.28. The highest BCUT2D eigenvalue weighted by atomic mass is 16.6. The SMILES string of the molecule is O=C1CC[C@@H]([C@H](O)CO)O1. The molecule has 0 saturated carbocycles. The van der Waals surface area contributed by atoms with Crippen molar-refractivity contribution < 1.29 is 19.7 Å². The minimum atomic E-state index is -0.911. The van der Waals surface area contributed by atoms with Gasteiger partial charge in [0.2, 0.25) is 0 Å². The van der Waals surface area contributed by atoms with Gasteiger partial charge in [-0.25, -0.2) is 0 Å². The molecule has 4 nitrogen and oxygen atoms in total. The number of carbonyl (C=O) groups excluding carboxylic acids is 1. The average Bonchev–Trinajstić information content (AvgIpc) is 2.34. The normalized spacial score (nSPS) is 28.2. The molecule has 1 saturated heterocycles. The van der Waals surface area contributed by atoms with E-state index in [1.165, 1.54) is 0 Å². The Morgan fingerprint density at radius 1 is 1.80 bits per heavy atom. The van der Waals surface area contributed by atoms with E-state index in [1.807, 2.05) is 0 Å². The van der Waals surface area contributed by atoms with Gasteiger partial charge >= 0.3 is 5.97 Å². The molecule has 2 N–H and O–H groups in total. The van der Waals surface area contributed by atoms with Crippen LogP contribution >= 0.6 is 0 Å². The van der Waals surface area contributed by atoms with E-state index >= 15 is 0 Å². The molecule has 0 aromatic heterocycles. The zero-order valence-corrected chi connectivity index (χ0v) is 5.49. The molecule has 1 heterocycles. The van der Waals surface area contributed by atoms with Crippen molar-refractivity contribution in [2.24, 2.45) is 0 Å². The summed E-state index contributed by atoms with van der Waals surface area (Å²) in [7, 11) is 0. The number of rotatable bonds is 2. The number of aliphatic hydroxyl groups excluding tert-OH is 2. The molecule has 0 bridgehead atoms. The van der Waals surface area contributed by atoms with Crippen LogP contribution in [0.3, 0.4) is 0 Å². The Balaban J connectivity index is 2.36. The van der Waals surface area contributed by atoms with Gasteiger partial charge in [0.1, 0.15) is 12.2 Å². The largest absolute Gasteiger partial charge is 0.459 e. The summed E-state index contributed by atoms with van der Waals surface area (Å²) in [4.78, 5) is 10.5. The zero-order chi connectivity index (χ0) is 7.56. The minimum Gasteiger partial charge on any atom is -0.459 e. The number of esters is 1. The third-order valence-electron chi connectivity index (χ3n) is 1.53. The van der Waals surface area contributed by atoms with Crippen LogP contribution in [-0.2, 0) is 9.53 Å². The van der Waals surface area contributed by atoms with Gasteiger partial charge < -0.3 is 14.9 Å². The van der Waals surface area contributed by atoms with E-state index in [4.69, 9.17) is 10.2 Å². The Bertz CT molecular complexity index is 134. The molecule has 4 heteroatoms. The summed E-state index contributed by atoms with van der Waals surface area (Å²) in [6.45, 7) is -0.349. The van der Waals surface area contributed by atoms with Crippen LogP contribution in [0.1, 0.15) is 12.8 Å². The van der Waals surface area contributed by atoms with Crippen LogP contribution < -0.4 is 0 Å². The van der Waals surface area contributed by atoms with Crippen LogP contribution in [0.2, 0.25) is 0 Å². The van der Waals surface area contributed by atoms with Crippen LogP contribution in [0, 0.1) is 0 Å². The van der Waals surface area contributed by atoms with Gasteiger partial charge in [-0.05, 0) is 6.42 Å². The Labute approximate surface area is 58.4 Å². The van der Waals surface area contributed by atoms with E-state index in [0.717, 1.165) is 0 Å². The van der Waals surface area contributed by atoms with Crippen LogP contribution in [0.15, 0.2) is 0 Å². The zero-order valence-electron chi connectivity index (χ0n) is 5.49. The second-order valence-electron chi connectivity index (χ2n) is 2.32. The van der Waals surface area contributed by atoms with E-state index in [2.05, 4.69) is 4.74 Å². The summed E-state index contributed by atoms with van der Waals surface area (Å²) in [5, 5.41) is 17.4. The number of hydrogen-bond acceptors (Lipinski definition) is 4. The molecule has 0 spiro atoms. The number of ether oxygens (including phenoxy) is 1. The molecule has 0 radical (unpaired) electrons. The lowest BCUT2D eigenvalue weighted by Gasteiger charge is -2.13. The molecule has 0 unspecified atom stereocenters. The topological polar surface area (TPSA) is 66.8 Å². The summed E-state index contributed by atoms with van der Waals surface area (Å²) >= 11 is 0. The molecular formula is C6H10O4. The fourth-order valence-corrected chi connectivity index (χ4v) is 0.935. The van der Waals surface area contributed by atoms with Crippen molar-refractivity contribution in [3.05, 3.63) is 0 Å². The molecule has 1 fully saturated rings. The highest BCUT2D eigenvalue weighted by molar-refractivity contribution is 5.71. The predicted molar refractivity (Wildman–Crippen MR) is 32.2 cm³/mol. The van der Waals surface area contributed by atoms with Gasteiger partial charge in [0.05, 0.1) is 6.61 Å². The van der Waals surface area contributed by atoms with Crippen molar-refractivity contribution in [3.63, 3.8) is 0 Å². The maximum Gasteiger partial charge on any atom is 0.306 e. The standard InChI is InChI=1S/C6H10O4/c7-3-4(8)5-1-2-6(9)10-5/h4-5,7-8H,1-3H2/t4-,5+/m1/s1. The quantitative estimate of drug-likeness (QED) is 0.493. The van der Waals surface area contributed by atoms with Gasteiger partial charge in [-0.2, -0.15) is 0 Å². The molecule has 0 aliphatic carbocycles. The molecule has 1 aliphatic rings. The lowest BCUT2D eigenvalue weighted by atomic mass is 10.1. The monoisotopic (exact) mass is 146 g/mol. The van der Waals surface area contributed by atoms with Crippen LogP contribution in [0.25, 0.3) is 0 Å². The maximum absolute atomic E-state index is 10.5. The predicted octanol–water partition coefficient (Wildman–Crippen LogP) is -0.955. The molecule has 0 aromatic carbocycles. The van der Waals surface area contributed by atoms with Gasteiger partial charge in [-0.15, -0.1) is 0 Å². The Kier molecular flexibility index (Phi) is 2.24. The van der Waals surface area contributed by atoms with E-state index in [0.29, 0.717) is 12.8 Å². The first-order chi connectivity index (χ1) is 4.74. The van der Waals surface area contributed by atoms with Gasteiger partial charge in [0.15, 0.2) is 0 Å². The van der Waals surface area contributed by atoms with Crippen molar-refractivity contribution in [1.82, 2.24) is 0 Å². The third kappa shape index (κ3) is 1.46. The second kappa shape index (κ2) is 2.98. The molecule has 58 valence electrons. The summed E-state index contributed by atoms with van der Waals surface area (Å²) in [5.74, 6) is -0.294. The van der Waals surface area contributed by atoms with Crippen LogP contribution in [-0.4, -0.2) is 35.0 Å². The summed E-state index contributed by atoms with van der Waals surface area (Å²) in [6, 6.07) is 0. The van der Waals surface area contributed by atoms with Crippen molar-refractivity contribution in [1.29, 1.82) is 0 Å². The summed E-state index contributed by atoms with van der Waals surface area (Å²) in [5.41, 5.74) is 0. The lowest BCUT2D eigenvalue weighted by Crippen LogP contribution is -2.28. The molecule has 1 rings (SSSR count). The van der Waals surface area contributed by atoms with Gasteiger partial charge in [0.25, 0.3) is 0 Å². The van der Waals surface area contributed by atoms with E-state index < -0.39 is 12.2 Å². The first-order valence-electron chi connectivity index (χ1n) is 3.22. The van der Waals surface area contributed by atoms with Crippen molar-refractivity contribution >= 4 is 5.97 Å². The Morgan fingerprint density at radius 2 is 2.50 bits per heavy atom. The van der Waals surface area contributed by atoms with Crippen molar-refractivity contribution in [3.8, 4) is 0 Å². The molecular weight excluding hydrogens is 136 g/mol. The van der Waals surface area contributed by atoms with Crippen LogP contribution in [0.4, 0.5) is 0 Å².